The first-order valence-corrected chi connectivity index (χ1v) is 6.86. The van der Waals surface area contributed by atoms with Crippen LogP contribution < -0.4 is 5.73 Å². The molecule has 1 atom stereocenters. The maximum atomic E-state index is 6.38. The molecule has 0 aliphatic rings. The van der Waals surface area contributed by atoms with Crippen LogP contribution in [0.4, 0.5) is 0 Å². The van der Waals surface area contributed by atoms with Crippen molar-refractivity contribution in [2.45, 2.75) is 40.2 Å². The normalized spacial score (nSPS) is 12.5. The summed E-state index contributed by atoms with van der Waals surface area (Å²) < 4.78 is 0. The van der Waals surface area contributed by atoms with E-state index in [1.165, 1.54) is 33.4 Å². The van der Waals surface area contributed by atoms with Gasteiger partial charge in [0.25, 0.3) is 0 Å². The van der Waals surface area contributed by atoms with E-state index < -0.39 is 0 Å². The van der Waals surface area contributed by atoms with Crippen LogP contribution in [0.1, 0.15) is 39.4 Å². The van der Waals surface area contributed by atoms with Gasteiger partial charge in [-0.2, -0.15) is 0 Å². The average molecular weight is 253 g/mol. The molecule has 2 aromatic rings. The van der Waals surface area contributed by atoms with Crippen molar-refractivity contribution in [3.05, 3.63) is 69.8 Å². The Hall–Kier alpha value is -1.60. The van der Waals surface area contributed by atoms with E-state index in [0.717, 1.165) is 6.42 Å². The van der Waals surface area contributed by atoms with Gasteiger partial charge in [0.1, 0.15) is 0 Å². The minimum atomic E-state index is 0.0713. The van der Waals surface area contributed by atoms with Gasteiger partial charge in [-0.1, -0.05) is 42.0 Å². The first kappa shape index (κ1) is 13.8. The Morgan fingerprint density at radius 2 is 1.42 bits per heavy atom. The first-order valence-electron chi connectivity index (χ1n) is 6.86. The summed E-state index contributed by atoms with van der Waals surface area (Å²) in [4.78, 5) is 0. The fourth-order valence-corrected chi connectivity index (χ4v) is 2.47. The molecule has 2 aromatic carbocycles. The predicted octanol–water partition coefficient (Wildman–Crippen LogP) is 4.16. The lowest BCUT2D eigenvalue weighted by Crippen LogP contribution is -2.15. The molecule has 0 aliphatic carbocycles. The smallest absolute Gasteiger partial charge is 0.0338 e. The second-order valence-electron chi connectivity index (χ2n) is 5.59. The largest absolute Gasteiger partial charge is 0.324 e. The quantitative estimate of drug-likeness (QED) is 0.873. The van der Waals surface area contributed by atoms with Crippen molar-refractivity contribution in [2.75, 3.05) is 0 Å². The zero-order valence-electron chi connectivity index (χ0n) is 12.3. The molecule has 0 bridgehead atoms. The number of benzene rings is 2. The van der Waals surface area contributed by atoms with Crippen LogP contribution in [0.25, 0.3) is 0 Å². The van der Waals surface area contributed by atoms with Crippen LogP contribution in [0.5, 0.6) is 0 Å². The lowest BCUT2D eigenvalue weighted by Gasteiger charge is -2.17. The van der Waals surface area contributed by atoms with Gasteiger partial charge in [0, 0.05) is 6.04 Å². The first-order chi connectivity index (χ1) is 8.97. The molecule has 2 N–H and O–H groups in total. The molecule has 0 saturated carbocycles. The zero-order chi connectivity index (χ0) is 14.0. The second-order valence-corrected chi connectivity index (χ2v) is 5.59. The van der Waals surface area contributed by atoms with Crippen molar-refractivity contribution in [3.63, 3.8) is 0 Å². The van der Waals surface area contributed by atoms with Crippen LogP contribution in [-0.4, -0.2) is 0 Å². The Balaban J connectivity index is 2.22. The molecule has 0 heterocycles. The summed E-state index contributed by atoms with van der Waals surface area (Å²) in [6.07, 6.45) is 0.892. The van der Waals surface area contributed by atoms with Crippen molar-refractivity contribution in [1.29, 1.82) is 0 Å². The number of nitrogens with two attached hydrogens (primary N) is 1. The third-order valence-corrected chi connectivity index (χ3v) is 3.86. The van der Waals surface area contributed by atoms with Crippen molar-refractivity contribution in [1.82, 2.24) is 0 Å². The third kappa shape index (κ3) is 3.24. The van der Waals surface area contributed by atoms with Gasteiger partial charge in [-0.05, 0) is 61.9 Å². The van der Waals surface area contributed by atoms with Gasteiger partial charge in [-0.3, -0.25) is 0 Å². The van der Waals surface area contributed by atoms with Gasteiger partial charge in [-0.25, -0.2) is 0 Å². The molecule has 1 unspecified atom stereocenters. The molecule has 0 aliphatic heterocycles. The van der Waals surface area contributed by atoms with Crippen LogP contribution in [0, 0.1) is 27.7 Å². The SMILES string of the molecule is Cc1ccc(CC(N)c2cc(C)c(C)cc2C)cc1. The molecular weight excluding hydrogens is 230 g/mol. The molecule has 0 aromatic heterocycles. The van der Waals surface area contributed by atoms with Crippen LogP contribution in [-0.2, 0) is 6.42 Å². The highest BCUT2D eigenvalue weighted by Crippen LogP contribution is 2.23. The van der Waals surface area contributed by atoms with Crippen molar-refractivity contribution >= 4 is 0 Å². The number of rotatable bonds is 3. The maximum Gasteiger partial charge on any atom is 0.0338 e. The van der Waals surface area contributed by atoms with Gasteiger partial charge >= 0.3 is 0 Å². The summed E-state index contributed by atoms with van der Waals surface area (Å²) in [5.74, 6) is 0. The van der Waals surface area contributed by atoms with Crippen LogP contribution in [0.3, 0.4) is 0 Å². The minimum absolute atomic E-state index is 0.0713. The predicted molar refractivity (Wildman–Crippen MR) is 82.5 cm³/mol. The summed E-state index contributed by atoms with van der Waals surface area (Å²) in [5.41, 5.74) is 14.2. The van der Waals surface area contributed by atoms with Crippen LogP contribution in [0.15, 0.2) is 36.4 Å². The van der Waals surface area contributed by atoms with E-state index in [2.05, 4.69) is 64.1 Å². The summed E-state index contributed by atoms with van der Waals surface area (Å²) in [6, 6.07) is 13.2. The fourth-order valence-electron chi connectivity index (χ4n) is 2.47. The van der Waals surface area contributed by atoms with Gasteiger partial charge in [0.2, 0.25) is 0 Å². The highest BCUT2D eigenvalue weighted by Gasteiger charge is 2.11. The number of hydrogen-bond donors (Lipinski definition) is 1. The molecule has 1 nitrogen and oxygen atoms in total. The Morgan fingerprint density at radius 1 is 0.842 bits per heavy atom. The highest BCUT2D eigenvalue weighted by molar-refractivity contribution is 5.39. The lowest BCUT2D eigenvalue weighted by atomic mass is 9.92. The van der Waals surface area contributed by atoms with E-state index in [4.69, 9.17) is 5.73 Å². The average Bonchev–Trinajstić information content (AvgIpc) is 2.36. The number of hydrogen-bond acceptors (Lipinski definition) is 1. The summed E-state index contributed by atoms with van der Waals surface area (Å²) in [7, 11) is 0. The summed E-state index contributed by atoms with van der Waals surface area (Å²) >= 11 is 0. The molecule has 19 heavy (non-hydrogen) atoms. The monoisotopic (exact) mass is 253 g/mol. The Morgan fingerprint density at radius 3 is 2.05 bits per heavy atom. The molecule has 2 rings (SSSR count). The van der Waals surface area contributed by atoms with Gasteiger partial charge in [0.15, 0.2) is 0 Å². The standard InChI is InChI=1S/C18H23N/c1-12-5-7-16(8-6-12)11-18(19)17-10-14(3)13(2)9-15(17)4/h5-10,18H,11,19H2,1-4H3. The van der Waals surface area contributed by atoms with E-state index >= 15 is 0 Å². The summed E-state index contributed by atoms with van der Waals surface area (Å²) in [6.45, 7) is 8.56. The van der Waals surface area contributed by atoms with Gasteiger partial charge in [-0.15, -0.1) is 0 Å². The van der Waals surface area contributed by atoms with Gasteiger partial charge in [0.05, 0.1) is 0 Å². The van der Waals surface area contributed by atoms with E-state index in [9.17, 15) is 0 Å². The Labute approximate surface area is 116 Å². The number of aryl methyl sites for hydroxylation is 4. The minimum Gasteiger partial charge on any atom is -0.324 e. The Bertz CT molecular complexity index is 567. The molecule has 0 saturated heterocycles. The maximum absolute atomic E-state index is 6.38. The van der Waals surface area contributed by atoms with E-state index in [-0.39, 0.29) is 6.04 Å². The fraction of sp³-hybridized carbons (Fsp3) is 0.333. The lowest BCUT2D eigenvalue weighted by molar-refractivity contribution is 0.715. The van der Waals surface area contributed by atoms with Gasteiger partial charge < -0.3 is 5.73 Å². The molecule has 0 radical (unpaired) electrons. The Kier molecular flexibility index (Phi) is 4.06. The molecule has 0 amide bonds. The molecule has 0 spiro atoms. The topological polar surface area (TPSA) is 26.0 Å². The van der Waals surface area contributed by atoms with Crippen LogP contribution in [0.2, 0.25) is 0 Å². The third-order valence-electron chi connectivity index (χ3n) is 3.86. The van der Waals surface area contributed by atoms with Crippen molar-refractivity contribution < 1.29 is 0 Å². The summed E-state index contributed by atoms with van der Waals surface area (Å²) in [5, 5.41) is 0. The molecular formula is C18H23N. The van der Waals surface area contributed by atoms with E-state index in [1.807, 2.05) is 0 Å². The second kappa shape index (κ2) is 5.58. The molecule has 1 heteroatoms. The van der Waals surface area contributed by atoms with Crippen molar-refractivity contribution in [2.24, 2.45) is 5.73 Å². The van der Waals surface area contributed by atoms with E-state index in [0.29, 0.717) is 0 Å². The zero-order valence-corrected chi connectivity index (χ0v) is 12.3. The highest BCUT2D eigenvalue weighted by atomic mass is 14.6. The van der Waals surface area contributed by atoms with Crippen molar-refractivity contribution in [3.8, 4) is 0 Å². The van der Waals surface area contributed by atoms with E-state index in [1.54, 1.807) is 0 Å². The molecule has 0 fully saturated rings. The van der Waals surface area contributed by atoms with Crippen LogP contribution >= 0.6 is 0 Å². The molecule has 100 valence electrons.